The highest BCUT2D eigenvalue weighted by Gasteiger charge is 2.21. The number of halogens is 1. The van der Waals surface area contributed by atoms with Crippen LogP contribution >= 0.6 is 15.9 Å². The van der Waals surface area contributed by atoms with Gasteiger partial charge in [0.1, 0.15) is 0 Å². The molecule has 21 heavy (non-hydrogen) atoms. The third-order valence-corrected chi connectivity index (χ3v) is 5.65. The van der Waals surface area contributed by atoms with Crippen molar-refractivity contribution in [3.8, 4) is 11.8 Å². The second-order valence-electron chi connectivity index (χ2n) is 4.36. The lowest BCUT2D eigenvalue weighted by Crippen LogP contribution is -2.27. The second kappa shape index (κ2) is 6.90. The van der Waals surface area contributed by atoms with Crippen molar-refractivity contribution in [3.05, 3.63) is 64.6 Å². The Labute approximate surface area is 133 Å². The zero-order valence-electron chi connectivity index (χ0n) is 11.5. The fraction of sp³-hybridized carbons (Fsp3) is 0.125. The molecule has 0 radical (unpaired) electrons. The maximum Gasteiger partial charge on any atom is 0.244 e. The van der Waals surface area contributed by atoms with Gasteiger partial charge in [-0.1, -0.05) is 42.2 Å². The minimum atomic E-state index is -3.54. The van der Waals surface area contributed by atoms with E-state index >= 15 is 0 Å². The minimum Gasteiger partial charge on any atom is -0.207 e. The van der Waals surface area contributed by atoms with Gasteiger partial charge in [0.15, 0.2) is 0 Å². The van der Waals surface area contributed by atoms with Crippen molar-refractivity contribution in [2.75, 3.05) is 13.6 Å². The quantitative estimate of drug-likeness (QED) is 0.785. The maximum absolute atomic E-state index is 12.4. The Morgan fingerprint density at radius 1 is 1.05 bits per heavy atom. The lowest BCUT2D eigenvalue weighted by atomic mass is 10.2. The van der Waals surface area contributed by atoms with Crippen LogP contribution < -0.4 is 0 Å². The van der Waals surface area contributed by atoms with Crippen molar-refractivity contribution >= 4 is 26.0 Å². The molecule has 0 saturated heterocycles. The standard InChI is InChI=1S/C16H14BrNO2S/c1-18(13-7-10-14-8-3-2-4-9-14)21(19,20)16-12-6-5-11-15(16)17/h2-6,8-9,11-12H,13H2,1H3. The highest BCUT2D eigenvalue weighted by Crippen LogP contribution is 2.23. The first kappa shape index (κ1) is 15.8. The van der Waals surface area contributed by atoms with Crippen molar-refractivity contribution in [3.63, 3.8) is 0 Å². The zero-order chi connectivity index (χ0) is 15.3. The van der Waals surface area contributed by atoms with Gasteiger partial charge >= 0.3 is 0 Å². The third-order valence-electron chi connectivity index (χ3n) is 2.83. The average Bonchev–Trinajstić information content (AvgIpc) is 2.48. The van der Waals surface area contributed by atoms with Gasteiger partial charge in [0.2, 0.25) is 10.0 Å². The monoisotopic (exact) mass is 363 g/mol. The van der Waals surface area contributed by atoms with Crippen molar-refractivity contribution < 1.29 is 8.42 Å². The Morgan fingerprint density at radius 2 is 1.67 bits per heavy atom. The summed E-state index contributed by atoms with van der Waals surface area (Å²) in [6, 6.07) is 16.2. The summed E-state index contributed by atoms with van der Waals surface area (Å²) in [5.41, 5.74) is 0.865. The third kappa shape index (κ3) is 3.94. The summed E-state index contributed by atoms with van der Waals surface area (Å²) in [5, 5.41) is 0. The lowest BCUT2D eigenvalue weighted by Gasteiger charge is -2.15. The molecule has 0 spiro atoms. The first-order chi connectivity index (χ1) is 10.0. The maximum atomic E-state index is 12.4. The molecule has 108 valence electrons. The molecule has 0 amide bonds. The molecule has 0 aliphatic heterocycles. The van der Waals surface area contributed by atoms with Crippen molar-refractivity contribution in [2.45, 2.75) is 4.90 Å². The van der Waals surface area contributed by atoms with Crippen LogP contribution in [0.3, 0.4) is 0 Å². The number of benzene rings is 2. The van der Waals surface area contributed by atoms with Crippen LogP contribution in [0.2, 0.25) is 0 Å². The topological polar surface area (TPSA) is 37.4 Å². The summed E-state index contributed by atoms with van der Waals surface area (Å²) in [4.78, 5) is 0.244. The van der Waals surface area contributed by atoms with Crippen LogP contribution in [-0.2, 0) is 10.0 Å². The highest BCUT2D eigenvalue weighted by molar-refractivity contribution is 9.10. The van der Waals surface area contributed by atoms with Crippen LogP contribution in [-0.4, -0.2) is 26.3 Å². The Kier molecular flexibility index (Phi) is 5.18. The van der Waals surface area contributed by atoms with E-state index in [2.05, 4.69) is 27.8 Å². The van der Waals surface area contributed by atoms with Gasteiger partial charge in [-0.05, 0) is 40.2 Å². The molecule has 0 aliphatic rings. The predicted molar refractivity (Wildman–Crippen MR) is 87.3 cm³/mol. The van der Waals surface area contributed by atoms with Crippen LogP contribution in [0.4, 0.5) is 0 Å². The number of sulfonamides is 1. The molecule has 2 aromatic carbocycles. The summed E-state index contributed by atoms with van der Waals surface area (Å²) in [7, 11) is -2.02. The number of rotatable bonds is 3. The molecule has 2 aromatic rings. The SMILES string of the molecule is CN(CC#Cc1ccccc1)S(=O)(=O)c1ccccc1Br. The van der Waals surface area contributed by atoms with E-state index in [1.807, 2.05) is 30.3 Å². The second-order valence-corrected chi connectivity index (χ2v) is 7.23. The molecule has 5 heteroatoms. The fourth-order valence-corrected chi connectivity index (χ4v) is 3.71. The normalized spacial score (nSPS) is 11.0. The van der Waals surface area contributed by atoms with Crippen LogP contribution in [0.25, 0.3) is 0 Å². The van der Waals surface area contributed by atoms with E-state index in [4.69, 9.17) is 0 Å². The molecule has 2 rings (SSSR count). The Balaban J connectivity index is 2.16. The first-order valence-electron chi connectivity index (χ1n) is 6.26. The van der Waals surface area contributed by atoms with E-state index in [1.54, 1.807) is 24.3 Å². The number of hydrogen-bond acceptors (Lipinski definition) is 2. The molecule has 0 unspecified atom stereocenters. The van der Waals surface area contributed by atoms with Crippen LogP contribution in [0, 0.1) is 11.8 Å². The summed E-state index contributed by atoms with van der Waals surface area (Å²) < 4.78 is 26.6. The van der Waals surface area contributed by atoms with Crippen LogP contribution in [0.5, 0.6) is 0 Å². The smallest absolute Gasteiger partial charge is 0.207 e. The Hall–Kier alpha value is -1.61. The van der Waals surface area contributed by atoms with Gasteiger partial charge in [-0.3, -0.25) is 0 Å². The Morgan fingerprint density at radius 3 is 2.33 bits per heavy atom. The molecular formula is C16H14BrNO2S. The molecule has 0 saturated carbocycles. The van der Waals surface area contributed by atoms with Gasteiger partial charge in [0.05, 0.1) is 11.4 Å². The zero-order valence-corrected chi connectivity index (χ0v) is 13.9. The fourth-order valence-electron chi connectivity index (χ4n) is 1.68. The average molecular weight is 364 g/mol. The summed E-state index contributed by atoms with van der Waals surface area (Å²) in [6.45, 7) is 0.137. The number of hydrogen-bond donors (Lipinski definition) is 0. The molecule has 0 atom stereocenters. The highest BCUT2D eigenvalue weighted by atomic mass is 79.9. The molecule has 0 aliphatic carbocycles. The predicted octanol–water partition coefficient (Wildman–Crippen LogP) is 3.12. The minimum absolute atomic E-state index is 0.137. The number of nitrogens with zero attached hydrogens (tertiary/aromatic N) is 1. The summed E-state index contributed by atoms with van der Waals surface area (Å²) >= 11 is 3.26. The largest absolute Gasteiger partial charge is 0.244 e. The van der Waals surface area contributed by atoms with Crippen molar-refractivity contribution in [2.24, 2.45) is 0 Å². The van der Waals surface area contributed by atoms with Gasteiger partial charge < -0.3 is 0 Å². The van der Waals surface area contributed by atoms with Gasteiger partial charge in [-0.2, -0.15) is 4.31 Å². The van der Waals surface area contributed by atoms with Crippen LogP contribution in [0.15, 0.2) is 64.0 Å². The lowest BCUT2D eigenvalue weighted by molar-refractivity contribution is 0.502. The molecule has 0 N–H and O–H groups in total. The van der Waals surface area contributed by atoms with E-state index in [0.717, 1.165) is 5.56 Å². The molecule has 0 aromatic heterocycles. The molecule has 0 heterocycles. The molecule has 0 bridgehead atoms. The van der Waals surface area contributed by atoms with Crippen LogP contribution in [0.1, 0.15) is 5.56 Å². The van der Waals surface area contributed by atoms with E-state index in [-0.39, 0.29) is 11.4 Å². The molecule has 0 fully saturated rings. The van der Waals surface area contributed by atoms with Gasteiger partial charge in [-0.25, -0.2) is 8.42 Å². The van der Waals surface area contributed by atoms with Gasteiger partial charge in [-0.15, -0.1) is 0 Å². The van der Waals surface area contributed by atoms with E-state index < -0.39 is 10.0 Å². The van der Waals surface area contributed by atoms with Gasteiger partial charge in [0.25, 0.3) is 0 Å². The van der Waals surface area contributed by atoms with E-state index in [9.17, 15) is 8.42 Å². The first-order valence-corrected chi connectivity index (χ1v) is 8.50. The molecule has 3 nitrogen and oxygen atoms in total. The van der Waals surface area contributed by atoms with E-state index in [1.165, 1.54) is 11.4 Å². The van der Waals surface area contributed by atoms with E-state index in [0.29, 0.717) is 4.47 Å². The molecular weight excluding hydrogens is 350 g/mol. The van der Waals surface area contributed by atoms with Crippen molar-refractivity contribution in [1.82, 2.24) is 4.31 Å². The summed E-state index contributed by atoms with van der Waals surface area (Å²) in [6.07, 6.45) is 0. The summed E-state index contributed by atoms with van der Waals surface area (Å²) in [5.74, 6) is 5.82. The van der Waals surface area contributed by atoms with Gasteiger partial charge in [0, 0.05) is 17.1 Å². The Bertz CT molecular complexity index is 777. The van der Waals surface area contributed by atoms with Crippen molar-refractivity contribution in [1.29, 1.82) is 0 Å².